The molecular weight excluding hydrogens is 311 g/mol. The van der Waals surface area contributed by atoms with Gasteiger partial charge in [-0.05, 0) is 25.1 Å². The van der Waals surface area contributed by atoms with Crippen LogP contribution in [0.15, 0.2) is 48.5 Å². The number of para-hydroxylation sites is 2. The summed E-state index contributed by atoms with van der Waals surface area (Å²) < 4.78 is 19.1. The van der Waals surface area contributed by atoms with E-state index in [2.05, 4.69) is 5.32 Å². The van der Waals surface area contributed by atoms with Crippen molar-refractivity contribution in [2.45, 2.75) is 19.6 Å². The highest BCUT2D eigenvalue weighted by molar-refractivity contribution is 6.03. The first-order chi connectivity index (χ1) is 11.6. The predicted molar refractivity (Wildman–Crippen MR) is 87.1 cm³/mol. The smallest absolute Gasteiger partial charge is 0.268 e. The topological polar surface area (TPSA) is 58.6 Å². The summed E-state index contributed by atoms with van der Waals surface area (Å²) in [6.07, 6.45) is -0.653. The Morgan fingerprint density at radius 1 is 1.21 bits per heavy atom. The van der Waals surface area contributed by atoms with Gasteiger partial charge in [0.1, 0.15) is 18.1 Å². The van der Waals surface area contributed by atoms with Crippen LogP contribution in [0.1, 0.15) is 12.5 Å². The van der Waals surface area contributed by atoms with Gasteiger partial charge in [-0.3, -0.25) is 14.5 Å². The van der Waals surface area contributed by atoms with Gasteiger partial charge in [-0.2, -0.15) is 0 Å². The summed E-state index contributed by atoms with van der Waals surface area (Å²) in [5.41, 5.74) is 0.953. The monoisotopic (exact) mass is 328 g/mol. The predicted octanol–water partition coefficient (Wildman–Crippen LogP) is 2.26. The van der Waals surface area contributed by atoms with Gasteiger partial charge in [-0.1, -0.05) is 30.3 Å². The van der Waals surface area contributed by atoms with Crippen LogP contribution in [0.4, 0.5) is 10.1 Å². The van der Waals surface area contributed by atoms with E-state index in [0.717, 1.165) is 0 Å². The number of rotatable bonds is 4. The minimum absolute atomic E-state index is 0.0707. The molecule has 0 saturated carbocycles. The average molecular weight is 328 g/mol. The summed E-state index contributed by atoms with van der Waals surface area (Å²) in [5, 5.41) is 2.64. The molecule has 1 N–H and O–H groups in total. The fourth-order valence-corrected chi connectivity index (χ4v) is 2.56. The number of fused-ring (bicyclic) bond motifs is 1. The molecule has 1 heterocycles. The van der Waals surface area contributed by atoms with Crippen LogP contribution in [0.25, 0.3) is 0 Å². The molecule has 0 aromatic heterocycles. The molecule has 0 unspecified atom stereocenters. The Hall–Kier alpha value is -2.89. The molecule has 0 fully saturated rings. The maximum atomic E-state index is 13.6. The van der Waals surface area contributed by atoms with E-state index in [1.165, 1.54) is 11.0 Å². The summed E-state index contributed by atoms with van der Waals surface area (Å²) in [5.74, 6) is -0.462. The first-order valence-electron chi connectivity index (χ1n) is 7.63. The van der Waals surface area contributed by atoms with E-state index >= 15 is 0 Å². The molecule has 2 aromatic carbocycles. The number of ether oxygens (including phenoxy) is 1. The highest BCUT2D eigenvalue weighted by atomic mass is 19.1. The molecule has 24 heavy (non-hydrogen) atoms. The number of hydrogen-bond acceptors (Lipinski definition) is 3. The molecule has 1 aliphatic rings. The standard InChI is InChI=1S/C18H17FN2O3/c1-12-18(23)21(15-8-4-5-9-16(15)24-12)11-17(22)20-10-13-6-2-3-7-14(13)19/h2-9,12H,10-11H2,1H3,(H,20,22)/t12-/m0/s1. The molecule has 2 amide bonds. The fraction of sp³-hybridized carbons (Fsp3) is 0.222. The lowest BCUT2D eigenvalue weighted by molar-refractivity contribution is -0.128. The second-order valence-corrected chi connectivity index (χ2v) is 5.52. The first kappa shape index (κ1) is 16.0. The van der Waals surface area contributed by atoms with Crippen LogP contribution in [-0.2, 0) is 16.1 Å². The normalized spacial score (nSPS) is 16.3. The lowest BCUT2D eigenvalue weighted by Gasteiger charge is -2.32. The van der Waals surface area contributed by atoms with Gasteiger partial charge in [0, 0.05) is 12.1 Å². The number of halogens is 1. The second-order valence-electron chi connectivity index (χ2n) is 5.52. The van der Waals surface area contributed by atoms with Gasteiger partial charge in [-0.15, -0.1) is 0 Å². The van der Waals surface area contributed by atoms with Crippen molar-refractivity contribution in [2.75, 3.05) is 11.4 Å². The largest absolute Gasteiger partial charge is 0.479 e. The van der Waals surface area contributed by atoms with Crippen LogP contribution in [0.3, 0.4) is 0 Å². The van der Waals surface area contributed by atoms with E-state index in [9.17, 15) is 14.0 Å². The summed E-state index contributed by atoms with van der Waals surface area (Å²) in [4.78, 5) is 25.9. The van der Waals surface area contributed by atoms with Gasteiger partial charge in [0.2, 0.25) is 5.91 Å². The molecule has 124 valence electrons. The van der Waals surface area contributed by atoms with Crippen LogP contribution in [0, 0.1) is 5.82 Å². The van der Waals surface area contributed by atoms with Crippen LogP contribution in [0.2, 0.25) is 0 Å². The maximum absolute atomic E-state index is 13.6. The van der Waals surface area contributed by atoms with Crippen molar-refractivity contribution in [1.82, 2.24) is 5.32 Å². The summed E-state index contributed by atoms with van der Waals surface area (Å²) >= 11 is 0. The molecule has 0 aliphatic carbocycles. The SMILES string of the molecule is C[C@@H]1Oc2ccccc2N(CC(=O)NCc2ccccc2F)C1=O. The average Bonchev–Trinajstić information content (AvgIpc) is 2.58. The van der Waals surface area contributed by atoms with Crippen LogP contribution in [-0.4, -0.2) is 24.5 Å². The van der Waals surface area contributed by atoms with Gasteiger partial charge in [-0.25, -0.2) is 4.39 Å². The summed E-state index contributed by atoms with van der Waals surface area (Å²) in [7, 11) is 0. The third kappa shape index (κ3) is 3.22. The van der Waals surface area contributed by atoms with Crippen molar-refractivity contribution in [3.8, 4) is 5.75 Å². The van der Waals surface area contributed by atoms with Crippen molar-refractivity contribution in [3.63, 3.8) is 0 Å². The zero-order valence-electron chi connectivity index (χ0n) is 13.2. The Bertz CT molecular complexity index is 778. The Morgan fingerprint density at radius 2 is 1.92 bits per heavy atom. The molecule has 0 radical (unpaired) electrons. The first-order valence-corrected chi connectivity index (χ1v) is 7.63. The number of carbonyl (C=O) groups excluding carboxylic acids is 2. The Kier molecular flexibility index (Phi) is 4.46. The maximum Gasteiger partial charge on any atom is 0.268 e. The third-order valence-electron chi connectivity index (χ3n) is 3.81. The molecule has 5 nitrogen and oxygen atoms in total. The van der Waals surface area contributed by atoms with Gasteiger partial charge in [0.25, 0.3) is 5.91 Å². The van der Waals surface area contributed by atoms with E-state index in [-0.39, 0.29) is 30.7 Å². The zero-order valence-corrected chi connectivity index (χ0v) is 13.2. The molecule has 6 heteroatoms. The number of nitrogens with one attached hydrogen (secondary N) is 1. The quantitative estimate of drug-likeness (QED) is 0.936. The van der Waals surface area contributed by atoms with E-state index in [1.54, 1.807) is 49.4 Å². The van der Waals surface area contributed by atoms with Gasteiger partial charge < -0.3 is 10.1 Å². The van der Waals surface area contributed by atoms with Crippen molar-refractivity contribution in [3.05, 3.63) is 59.9 Å². The number of carbonyl (C=O) groups is 2. The van der Waals surface area contributed by atoms with E-state index in [4.69, 9.17) is 4.74 Å². The number of anilines is 1. The van der Waals surface area contributed by atoms with Crippen LogP contribution < -0.4 is 15.0 Å². The van der Waals surface area contributed by atoms with Crippen LogP contribution >= 0.6 is 0 Å². The van der Waals surface area contributed by atoms with E-state index < -0.39 is 6.10 Å². The number of amides is 2. The second kappa shape index (κ2) is 6.70. The molecule has 0 saturated heterocycles. The number of nitrogens with zero attached hydrogens (tertiary/aromatic N) is 1. The van der Waals surface area contributed by atoms with Gasteiger partial charge >= 0.3 is 0 Å². The van der Waals surface area contributed by atoms with Crippen molar-refractivity contribution < 1.29 is 18.7 Å². The minimum atomic E-state index is -0.653. The fourth-order valence-electron chi connectivity index (χ4n) is 2.56. The Balaban J connectivity index is 1.70. The molecule has 0 bridgehead atoms. The van der Waals surface area contributed by atoms with Gasteiger partial charge in [0.05, 0.1) is 5.69 Å². The Morgan fingerprint density at radius 3 is 2.71 bits per heavy atom. The lowest BCUT2D eigenvalue weighted by Crippen LogP contribution is -2.48. The minimum Gasteiger partial charge on any atom is -0.479 e. The molecule has 0 spiro atoms. The number of hydrogen-bond donors (Lipinski definition) is 1. The highest BCUT2D eigenvalue weighted by Crippen LogP contribution is 2.33. The van der Waals surface area contributed by atoms with E-state index in [1.807, 2.05) is 0 Å². The summed E-state index contributed by atoms with van der Waals surface area (Å²) in [6.45, 7) is 1.57. The van der Waals surface area contributed by atoms with Crippen molar-refractivity contribution in [1.29, 1.82) is 0 Å². The number of benzene rings is 2. The lowest BCUT2D eigenvalue weighted by atomic mass is 10.2. The van der Waals surface area contributed by atoms with Crippen LogP contribution in [0.5, 0.6) is 5.75 Å². The molecular formula is C18H17FN2O3. The molecule has 2 aromatic rings. The summed E-state index contributed by atoms with van der Waals surface area (Å²) in [6, 6.07) is 13.3. The Labute approximate surface area is 139 Å². The third-order valence-corrected chi connectivity index (χ3v) is 3.81. The van der Waals surface area contributed by atoms with Gasteiger partial charge in [0.15, 0.2) is 6.10 Å². The molecule has 1 atom stereocenters. The van der Waals surface area contributed by atoms with E-state index in [0.29, 0.717) is 17.0 Å². The van der Waals surface area contributed by atoms with Crippen molar-refractivity contribution in [2.24, 2.45) is 0 Å². The zero-order chi connectivity index (χ0) is 17.1. The highest BCUT2D eigenvalue weighted by Gasteiger charge is 2.32. The molecule has 3 rings (SSSR count). The molecule has 1 aliphatic heterocycles. The van der Waals surface area contributed by atoms with Crippen molar-refractivity contribution >= 4 is 17.5 Å².